The Morgan fingerprint density at radius 1 is 1.32 bits per heavy atom. The molecule has 4 N–H and O–H groups in total. The molecule has 136 valence electrons. The fraction of sp³-hybridized carbons (Fsp3) is 0.471. The van der Waals surface area contributed by atoms with Crippen LogP contribution in [-0.2, 0) is 9.59 Å². The molecule has 8 heteroatoms. The molecule has 8 nitrogen and oxygen atoms in total. The molecule has 1 aliphatic rings. The van der Waals surface area contributed by atoms with Gasteiger partial charge in [-0.05, 0) is 31.4 Å². The van der Waals surface area contributed by atoms with E-state index in [2.05, 4.69) is 21.3 Å². The van der Waals surface area contributed by atoms with Crippen LogP contribution in [0.2, 0.25) is 0 Å². The highest BCUT2D eigenvalue weighted by atomic mass is 16.5. The number of benzene rings is 1. The van der Waals surface area contributed by atoms with Crippen LogP contribution in [0.3, 0.4) is 0 Å². The molecule has 1 atom stereocenters. The standard InChI is InChI=1S/C17H24N4O4/c1-12(22)20-13-5-4-6-14(11-13)25-10-9-19-17(24)21-15-7-2-3-8-18-16(15)23/h4-6,11,15H,2-3,7-10H2,1H3,(H,18,23)(H,20,22)(H2,19,21,24)/t15-/m0/s1. The Morgan fingerprint density at radius 3 is 2.96 bits per heavy atom. The van der Waals surface area contributed by atoms with E-state index in [4.69, 9.17) is 4.74 Å². The summed E-state index contributed by atoms with van der Waals surface area (Å²) < 4.78 is 5.54. The lowest BCUT2D eigenvalue weighted by atomic mass is 10.1. The minimum absolute atomic E-state index is 0.140. The molecule has 1 aromatic rings. The van der Waals surface area contributed by atoms with Gasteiger partial charge in [-0.1, -0.05) is 6.07 Å². The van der Waals surface area contributed by atoms with Crippen molar-refractivity contribution in [3.63, 3.8) is 0 Å². The van der Waals surface area contributed by atoms with Crippen molar-refractivity contribution < 1.29 is 19.1 Å². The van der Waals surface area contributed by atoms with Crippen LogP contribution >= 0.6 is 0 Å². The molecule has 1 aromatic carbocycles. The summed E-state index contributed by atoms with van der Waals surface area (Å²) >= 11 is 0. The second kappa shape index (κ2) is 9.51. The van der Waals surface area contributed by atoms with Gasteiger partial charge in [0.2, 0.25) is 11.8 Å². The van der Waals surface area contributed by atoms with E-state index in [0.29, 0.717) is 30.9 Å². The van der Waals surface area contributed by atoms with Gasteiger partial charge in [0.15, 0.2) is 0 Å². The SMILES string of the molecule is CC(=O)Nc1cccc(OCCNC(=O)N[C@H]2CCCCNC2=O)c1. The molecule has 0 saturated carbocycles. The Kier molecular flexibility index (Phi) is 7.06. The molecule has 0 radical (unpaired) electrons. The Morgan fingerprint density at radius 2 is 2.16 bits per heavy atom. The van der Waals surface area contributed by atoms with Crippen LogP contribution in [0.5, 0.6) is 5.75 Å². The van der Waals surface area contributed by atoms with E-state index in [1.54, 1.807) is 24.3 Å². The van der Waals surface area contributed by atoms with Crippen LogP contribution in [0.25, 0.3) is 0 Å². The fourth-order valence-electron chi connectivity index (χ4n) is 2.49. The summed E-state index contributed by atoms with van der Waals surface area (Å²) in [7, 11) is 0. The number of carbonyl (C=O) groups is 3. The molecule has 1 fully saturated rings. The van der Waals surface area contributed by atoms with Gasteiger partial charge in [0.1, 0.15) is 18.4 Å². The maximum absolute atomic E-state index is 11.9. The molecule has 0 bridgehead atoms. The lowest BCUT2D eigenvalue weighted by Crippen LogP contribution is -2.49. The second-order valence-corrected chi connectivity index (χ2v) is 5.80. The van der Waals surface area contributed by atoms with Crippen LogP contribution in [0.15, 0.2) is 24.3 Å². The molecule has 0 unspecified atom stereocenters. The van der Waals surface area contributed by atoms with Crippen molar-refractivity contribution >= 4 is 23.5 Å². The molecular formula is C17H24N4O4. The number of ether oxygens (including phenoxy) is 1. The highest BCUT2D eigenvalue weighted by molar-refractivity contribution is 5.89. The zero-order chi connectivity index (χ0) is 18.1. The molecule has 0 aromatic heterocycles. The highest BCUT2D eigenvalue weighted by Gasteiger charge is 2.21. The maximum atomic E-state index is 11.9. The minimum atomic E-state index is -0.488. The highest BCUT2D eigenvalue weighted by Crippen LogP contribution is 2.17. The number of hydrogen-bond acceptors (Lipinski definition) is 4. The predicted octanol–water partition coefficient (Wildman–Crippen LogP) is 0.992. The van der Waals surface area contributed by atoms with Crippen LogP contribution in [-0.4, -0.2) is 43.6 Å². The van der Waals surface area contributed by atoms with E-state index in [1.807, 2.05) is 0 Å². The first kappa shape index (κ1) is 18.6. The van der Waals surface area contributed by atoms with Crippen molar-refractivity contribution in [3.8, 4) is 5.75 Å². The normalized spacial score (nSPS) is 17.0. The fourth-order valence-corrected chi connectivity index (χ4v) is 2.49. The summed E-state index contributed by atoms with van der Waals surface area (Å²) in [5.74, 6) is 0.299. The Hall–Kier alpha value is -2.77. The van der Waals surface area contributed by atoms with Crippen LogP contribution < -0.4 is 26.0 Å². The largest absolute Gasteiger partial charge is 0.492 e. The average Bonchev–Trinajstić information content (AvgIpc) is 2.76. The van der Waals surface area contributed by atoms with Gasteiger partial charge in [0, 0.05) is 25.2 Å². The number of urea groups is 1. The average molecular weight is 348 g/mol. The van der Waals surface area contributed by atoms with Gasteiger partial charge in [0.25, 0.3) is 0 Å². The van der Waals surface area contributed by atoms with E-state index in [0.717, 1.165) is 12.8 Å². The van der Waals surface area contributed by atoms with Gasteiger partial charge in [-0.15, -0.1) is 0 Å². The van der Waals surface area contributed by atoms with Crippen molar-refractivity contribution in [1.29, 1.82) is 0 Å². The monoisotopic (exact) mass is 348 g/mol. The number of anilines is 1. The summed E-state index contributed by atoms with van der Waals surface area (Å²) in [5.41, 5.74) is 0.648. The smallest absolute Gasteiger partial charge is 0.315 e. The van der Waals surface area contributed by atoms with Crippen LogP contribution in [0.4, 0.5) is 10.5 Å². The van der Waals surface area contributed by atoms with E-state index >= 15 is 0 Å². The van der Waals surface area contributed by atoms with Gasteiger partial charge in [-0.2, -0.15) is 0 Å². The molecule has 2 rings (SSSR count). The van der Waals surface area contributed by atoms with Crippen LogP contribution in [0, 0.1) is 0 Å². The van der Waals surface area contributed by atoms with E-state index in [1.165, 1.54) is 6.92 Å². The van der Waals surface area contributed by atoms with Gasteiger partial charge in [-0.25, -0.2) is 4.79 Å². The van der Waals surface area contributed by atoms with E-state index in [-0.39, 0.29) is 18.4 Å². The molecule has 1 aliphatic heterocycles. The van der Waals surface area contributed by atoms with Crippen molar-refractivity contribution in [1.82, 2.24) is 16.0 Å². The lowest BCUT2D eigenvalue weighted by Gasteiger charge is -2.16. The van der Waals surface area contributed by atoms with Gasteiger partial charge in [0.05, 0.1) is 6.54 Å². The van der Waals surface area contributed by atoms with Gasteiger partial charge in [-0.3, -0.25) is 9.59 Å². The topological polar surface area (TPSA) is 109 Å². The third-order valence-corrected chi connectivity index (χ3v) is 3.65. The quantitative estimate of drug-likeness (QED) is 0.575. The minimum Gasteiger partial charge on any atom is -0.492 e. The molecule has 0 spiro atoms. The molecule has 1 heterocycles. The summed E-state index contributed by atoms with van der Waals surface area (Å²) in [4.78, 5) is 34.6. The van der Waals surface area contributed by atoms with E-state index < -0.39 is 12.1 Å². The first-order valence-corrected chi connectivity index (χ1v) is 8.37. The zero-order valence-electron chi connectivity index (χ0n) is 14.3. The second-order valence-electron chi connectivity index (χ2n) is 5.80. The first-order chi connectivity index (χ1) is 12.0. The van der Waals surface area contributed by atoms with E-state index in [9.17, 15) is 14.4 Å². The first-order valence-electron chi connectivity index (χ1n) is 8.37. The molecule has 4 amide bonds. The summed E-state index contributed by atoms with van der Waals surface area (Å²) in [6, 6.07) is 6.12. The number of amides is 4. The Labute approximate surface area is 146 Å². The number of rotatable bonds is 6. The predicted molar refractivity (Wildman–Crippen MR) is 93.4 cm³/mol. The number of nitrogens with one attached hydrogen (secondary N) is 4. The lowest BCUT2D eigenvalue weighted by molar-refractivity contribution is -0.122. The third kappa shape index (κ3) is 6.70. The van der Waals surface area contributed by atoms with Crippen molar-refractivity contribution in [3.05, 3.63) is 24.3 Å². The Bertz CT molecular complexity index is 620. The third-order valence-electron chi connectivity index (χ3n) is 3.65. The molecule has 0 aliphatic carbocycles. The van der Waals surface area contributed by atoms with Gasteiger partial charge < -0.3 is 26.0 Å². The Balaban J connectivity index is 1.69. The summed E-state index contributed by atoms with van der Waals surface area (Å²) in [5, 5.41) is 10.8. The molecule has 25 heavy (non-hydrogen) atoms. The summed E-state index contributed by atoms with van der Waals surface area (Å²) in [6.45, 7) is 2.66. The van der Waals surface area contributed by atoms with Crippen molar-refractivity contribution in [2.75, 3.05) is 25.0 Å². The van der Waals surface area contributed by atoms with Crippen LogP contribution in [0.1, 0.15) is 26.2 Å². The van der Waals surface area contributed by atoms with Gasteiger partial charge >= 0.3 is 6.03 Å². The molecular weight excluding hydrogens is 324 g/mol. The number of carbonyl (C=O) groups excluding carboxylic acids is 3. The maximum Gasteiger partial charge on any atom is 0.315 e. The zero-order valence-corrected chi connectivity index (χ0v) is 14.3. The van der Waals surface area contributed by atoms with Crippen molar-refractivity contribution in [2.45, 2.75) is 32.2 Å². The van der Waals surface area contributed by atoms with Crippen molar-refractivity contribution in [2.24, 2.45) is 0 Å². The summed E-state index contributed by atoms with van der Waals surface area (Å²) in [6.07, 6.45) is 2.47. The molecule has 1 saturated heterocycles. The number of hydrogen-bond donors (Lipinski definition) is 4.